The molecule has 0 aliphatic carbocycles. The zero-order chi connectivity index (χ0) is 13.2. The van der Waals surface area contributed by atoms with Gasteiger partial charge in [-0.25, -0.2) is 4.72 Å². The van der Waals surface area contributed by atoms with Crippen molar-refractivity contribution < 1.29 is 17.9 Å². The fraction of sp³-hybridized carbons (Fsp3) is 0.400. The molecule has 0 saturated heterocycles. The topological polar surface area (TPSA) is 103 Å². The summed E-state index contributed by atoms with van der Waals surface area (Å²) in [6, 6.07) is 3.07. The van der Waals surface area contributed by atoms with Gasteiger partial charge in [-0.05, 0) is 0 Å². The summed E-state index contributed by atoms with van der Waals surface area (Å²) in [6.07, 6.45) is 0.770. The van der Waals surface area contributed by atoms with Crippen LogP contribution in [0.2, 0.25) is 0 Å². The SMILES string of the molecule is CNS(=O)(=O)Nc1cc2c(cc1N)OCCCO2. The number of nitrogen functional groups attached to an aromatic ring is 1. The van der Waals surface area contributed by atoms with Gasteiger partial charge in [-0.15, -0.1) is 0 Å². The molecular weight excluding hydrogens is 258 g/mol. The van der Waals surface area contributed by atoms with Crippen molar-refractivity contribution in [1.29, 1.82) is 0 Å². The molecule has 2 rings (SSSR count). The van der Waals surface area contributed by atoms with E-state index in [1.54, 1.807) is 6.07 Å². The monoisotopic (exact) mass is 273 g/mol. The molecule has 0 amide bonds. The minimum absolute atomic E-state index is 0.258. The summed E-state index contributed by atoms with van der Waals surface area (Å²) in [7, 11) is -2.30. The molecule has 18 heavy (non-hydrogen) atoms. The van der Waals surface area contributed by atoms with Crippen molar-refractivity contribution >= 4 is 21.6 Å². The molecule has 1 aliphatic rings. The lowest BCUT2D eigenvalue weighted by Gasteiger charge is -2.13. The van der Waals surface area contributed by atoms with Crippen LogP contribution in [0.3, 0.4) is 0 Å². The second-order valence-corrected chi connectivity index (χ2v) is 5.37. The van der Waals surface area contributed by atoms with E-state index in [1.807, 2.05) is 0 Å². The lowest BCUT2D eigenvalue weighted by atomic mass is 10.2. The van der Waals surface area contributed by atoms with Crippen LogP contribution in [0.5, 0.6) is 11.5 Å². The smallest absolute Gasteiger partial charge is 0.298 e. The zero-order valence-electron chi connectivity index (χ0n) is 9.89. The Morgan fingerprint density at radius 2 is 1.83 bits per heavy atom. The number of fused-ring (bicyclic) bond motifs is 1. The number of hydrogen-bond acceptors (Lipinski definition) is 5. The molecule has 0 atom stereocenters. The van der Waals surface area contributed by atoms with E-state index in [4.69, 9.17) is 15.2 Å². The maximum atomic E-state index is 11.4. The highest BCUT2D eigenvalue weighted by Gasteiger charge is 2.16. The summed E-state index contributed by atoms with van der Waals surface area (Å²) >= 11 is 0. The standard InChI is InChI=1S/C10H15N3O4S/c1-12-18(14,15)13-8-6-10-9(5-7(8)11)16-3-2-4-17-10/h5-6,12-13H,2-4,11H2,1H3. The van der Waals surface area contributed by atoms with Crippen molar-refractivity contribution in [2.45, 2.75) is 6.42 Å². The first-order valence-corrected chi connectivity index (χ1v) is 6.90. The van der Waals surface area contributed by atoms with Gasteiger partial charge in [0.15, 0.2) is 11.5 Å². The highest BCUT2D eigenvalue weighted by Crippen LogP contribution is 2.36. The van der Waals surface area contributed by atoms with Crippen LogP contribution in [0.1, 0.15) is 6.42 Å². The Balaban J connectivity index is 2.35. The van der Waals surface area contributed by atoms with Crippen molar-refractivity contribution in [2.24, 2.45) is 0 Å². The van der Waals surface area contributed by atoms with Gasteiger partial charge < -0.3 is 15.2 Å². The molecule has 0 bridgehead atoms. The third-order valence-corrected chi connectivity index (χ3v) is 3.46. The highest BCUT2D eigenvalue weighted by atomic mass is 32.2. The molecule has 100 valence electrons. The Morgan fingerprint density at radius 1 is 1.22 bits per heavy atom. The fourth-order valence-electron chi connectivity index (χ4n) is 1.51. The molecule has 1 aromatic rings. The van der Waals surface area contributed by atoms with Gasteiger partial charge in [-0.3, -0.25) is 4.72 Å². The van der Waals surface area contributed by atoms with Crippen molar-refractivity contribution in [2.75, 3.05) is 30.7 Å². The van der Waals surface area contributed by atoms with Crippen LogP contribution in [0.15, 0.2) is 12.1 Å². The number of anilines is 2. The molecule has 1 aromatic carbocycles. The Morgan fingerprint density at radius 3 is 2.44 bits per heavy atom. The Hall–Kier alpha value is -1.67. The van der Waals surface area contributed by atoms with Gasteiger partial charge in [0, 0.05) is 25.6 Å². The fourth-order valence-corrected chi connectivity index (χ4v) is 2.08. The van der Waals surface area contributed by atoms with E-state index in [9.17, 15) is 8.42 Å². The maximum Gasteiger partial charge on any atom is 0.298 e. The van der Waals surface area contributed by atoms with Crippen molar-refractivity contribution in [1.82, 2.24) is 4.72 Å². The summed E-state index contributed by atoms with van der Waals surface area (Å²) in [4.78, 5) is 0. The van der Waals surface area contributed by atoms with E-state index in [1.165, 1.54) is 13.1 Å². The van der Waals surface area contributed by atoms with Crippen LogP contribution in [-0.2, 0) is 10.2 Å². The molecule has 0 aromatic heterocycles. The average Bonchev–Trinajstić information content (AvgIpc) is 2.54. The number of ether oxygens (including phenoxy) is 2. The van der Waals surface area contributed by atoms with Crippen molar-refractivity contribution in [3.05, 3.63) is 12.1 Å². The van der Waals surface area contributed by atoms with Crippen LogP contribution in [0.4, 0.5) is 11.4 Å². The molecule has 1 heterocycles. The normalized spacial score (nSPS) is 14.9. The molecular formula is C10H15N3O4S. The third-order valence-electron chi connectivity index (χ3n) is 2.43. The molecule has 0 radical (unpaired) electrons. The minimum atomic E-state index is -3.61. The predicted octanol–water partition coefficient (Wildman–Crippen LogP) is 0.306. The summed E-state index contributed by atoms with van der Waals surface area (Å²) in [6.45, 7) is 1.07. The molecule has 0 saturated carbocycles. The van der Waals surface area contributed by atoms with E-state index in [0.717, 1.165) is 6.42 Å². The minimum Gasteiger partial charge on any atom is -0.489 e. The summed E-state index contributed by atoms with van der Waals surface area (Å²) in [5.41, 5.74) is 6.30. The van der Waals surface area contributed by atoms with Crippen molar-refractivity contribution in [3.8, 4) is 11.5 Å². The van der Waals surface area contributed by atoms with Crippen LogP contribution in [-0.4, -0.2) is 28.7 Å². The van der Waals surface area contributed by atoms with Crippen LogP contribution >= 0.6 is 0 Å². The average molecular weight is 273 g/mol. The third kappa shape index (κ3) is 2.77. The quantitative estimate of drug-likeness (QED) is 0.688. The Kier molecular flexibility index (Phi) is 3.48. The van der Waals surface area contributed by atoms with Gasteiger partial charge in [0.05, 0.1) is 24.6 Å². The summed E-state index contributed by atoms with van der Waals surface area (Å²) in [5, 5.41) is 0. The molecule has 0 spiro atoms. The zero-order valence-corrected chi connectivity index (χ0v) is 10.7. The lowest BCUT2D eigenvalue weighted by Crippen LogP contribution is -2.26. The van der Waals surface area contributed by atoms with Gasteiger partial charge in [-0.1, -0.05) is 0 Å². The number of hydrogen-bond donors (Lipinski definition) is 3. The molecule has 7 nitrogen and oxygen atoms in total. The number of benzene rings is 1. The molecule has 4 N–H and O–H groups in total. The largest absolute Gasteiger partial charge is 0.489 e. The lowest BCUT2D eigenvalue weighted by molar-refractivity contribution is 0.297. The Bertz CT molecular complexity index is 544. The Labute approximate surface area is 105 Å². The number of nitrogens with one attached hydrogen (secondary N) is 2. The summed E-state index contributed by atoms with van der Waals surface area (Å²) in [5.74, 6) is 1.01. The van der Waals surface area contributed by atoms with Crippen LogP contribution < -0.4 is 24.7 Å². The second-order valence-electron chi connectivity index (χ2n) is 3.75. The van der Waals surface area contributed by atoms with Crippen LogP contribution in [0, 0.1) is 0 Å². The summed E-state index contributed by atoms with van der Waals surface area (Å²) < 4.78 is 38.2. The molecule has 0 fully saturated rings. The van der Waals surface area contributed by atoms with Gasteiger partial charge in [-0.2, -0.15) is 8.42 Å². The van der Waals surface area contributed by atoms with Gasteiger partial charge >= 0.3 is 0 Å². The van der Waals surface area contributed by atoms with E-state index in [0.29, 0.717) is 24.7 Å². The molecule has 0 unspecified atom stereocenters. The van der Waals surface area contributed by atoms with E-state index < -0.39 is 10.2 Å². The van der Waals surface area contributed by atoms with Gasteiger partial charge in [0.1, 0.15) is 0 Å². The first kappa shape index (κ1) is 12.8. The maximum absolute atomic E-state index is 11.4. The number of nitrogens with two attached hydrogens (primary N) is 1. The van der Waals surface area contributed by atoms with Gasteiger partial charge in [0.2, 0.25) is 0 Å². The van der Waals surface area contributed by atoms with Crippen LogP contribution in [0.25, 0.3) is 0 Å². The first-order valence-electron chi connectivity index (χ1n) is 5.42. The second kappa shape index (κ2) is 4.91. The highest BCUT2D eigenvalue weighted by molar-refractivity contribution is 7.90. The van der Waals surface area contributed by atoms with Gasteiger partial charge in [0.25, 0.3) is 10.2 Å². The van der Waals surface area contributed by atoms with E-state index in [2.05, 4.69) is 9.44 Å². The predicted molar refractivity (Wildman–Crippen MR) is 68.1 cm³/mol. The van der Waals surface area contributed by atoms with E-state index >= 15 is 0 Å². The molecule has 8 heteroatoms. The molecule has 1 aliphatic heterocycles. The van der Waals surface area contributed by atoms with E-state index in [-0.39, 0.29) is 11.4 Å². The first-order chi connectivity index (χ1) is 8.52. The number of rotatable bonds is 3. The van der Waals surface area contributed by atoms with Crippen molar-refractivity contribution in [3.63, 3.8) is 0 Å².